The van der Waals surface area contributed by atoms with Gasteiger partial charge in [0.25, 0.3) is 11.7 Å². The van der Waals surface area contributed by atoms with E-state index < -0.39 is 0 Å². The Bertz CT molecular complexity index is 1300. The molecule has 1 amide bonds. The van der Waals surface area contributed by atoms with Crippen molar-refractivity contribution in [1.29, 1.82) is 0 Å². The molecular formula is C23H27N9O2. The zero-order chi connectivity index (χ0) is 23.7. The summed E-state index contributed by atoms with van der Waals surface area (Å²) in [6.45, 7) is 9.18. The second-order valence-electron chi connectivity index (χ2n) is 9.16. The first-order valence-corrected chi connectivity index (χ1v) is 11.2. The number of carbonyl (C=O) groups is 1. The lowest BCUT2D eigenvalue weighted by Crippen LogP contribution is -2.37. The Hall–Kier alpha value is -3.86. The molecule has 5 rings (SSSR count). The van der Waals surface area contributed by atoms with Gasteiger partial charge in [0, 0.05) is 25.2 Å². The number of fused-ring (bicyclic) bond motifs is 1. The van der Waals surface area contributed by atoms with E-state index in [1.54, 1.807) is 6.20 Å². The van der Waals surface area contributed by atoms with E-state index in [4.69, 9.17) is 9.72 Å². The van der Waals surface area contributed by atoms with Crippen LogP contribution in [0.1, 0.15) is 37.0 Å². The third kappa shape index (κ3) is 4.46. The fraction of sp³-hybridized carbons (Fsp3) is 0.391. The first-order valence-electron chi connectivity index (χ1n) is 11.2. The van der Waals surface area contributed by atoms with Crippen LogP contribution in [-0.4, -0.2) is 67.0 Å². The lowest BCUT2D eigenvalue weighted by molar-refractivity contribution is 0.0939. The molecule has 176 valence electrons. The first-order chi connectivity index (χ1) is 16.4. The summed E-state index contributed by atoms with van der Waals surface area (Å²) in [6, 6.07) is 9.93. The van der Waals surface area contributed by atoms with Gasteiger partial charge in [-0.2, -0.15) is 9.90 Å². The Morgan fingerprint density at radius 1 is 1.12 bits per heavy atom. The maximum atomic E-state index is 12.4. The number of benzene rings is 1. The van der Waals surface area contributed by atoms with Gasteiger partial charge in [-0.3, -0.25) is 4.79 Å². The van der Waals surface area contributed by atoms with Crippen molar-refractivity contribution in [2.75, 3.05) is 31.2 Å². The van der Waals surface area contributed by atoms with Crippen molar-refractivity contribution in [3.8, 4) is 11.3 Å². The van der Waals surface area contributed by atoms with Crippen LogP contribution in [0.15, 0.2) is 42.7 Å². The van der Waals surface area contributed by atoms with Gasteiger partial charge in [-0.25, -0.2) is 9.50 Å². The number of nitrogens with one attached hydrogen (secondary N) is 1. The van der Waals surface area contributed by atoms with Crippen molar-refractivity contribution < 1.29 is 9.53 Å². The normalized spacial score (nSPS) is 14.5. The second kappa shape index (κ2) is 8.82. The van der Waals surface area contributed by atoms with Gasteiger partial charge in [0.2, 0.25) is 0 Å². The van der Waals surface area contributed by atoms with Crippen LogP contribution in [0.3, 0.4) is 0 Å². The van der Waals surface area contributed by atoms with Crippen molar-refractivity contribution >= 4 is 17.2 Å². The molecule has 0 aliphatic carbocycles. The molecule has 1 aliphatic heterocycles. The van der Waals surface area contributed by atoms with E-state index >= 15 is 0 Å². The molecule has 0 unspecified atom stereocenters. The lowest BCUT2D eigenvalue weighted by Gasteiger charge is -2.28. The highest BCUT2D eigenvalue weighted by molar-refractivity contribution is 5.90. The van der Waals surface area contributed by atoms with Crippen LogP contribution in [-0.2, 0) is 16.8 Å². The van der Waals surface area contributed by atoms with Gasteiger partial charge in [-0.1, -0.05) is 24.3 Å². The molecule has 0 spiro atoms. The van der Waals surface area contributed by atoms with Crippen LogP contribution in [0.5, 0.6) is 0 Å². The third-order valence-corrected chi connectivity index (χ3v) is 5.61. The molecule has 11 heteroatoms. The fourth-order valence-corrected chi connectivity index (χ4v) is 3.70. The molecule has 1 fully saturated rings. The zero-order valence-corrected chi connectivity index (χ0v) is 19.5. The minimum atomic E-state index is -0.361. The van der Waals surface area contributed by atoms with E-state index in [0.29, 0.717) is 19.8 Å². The van der Waals surface area contributed by atoms with E-state index in [9.17, 15) is 4.79 Å². The van der Waals surface area contributed by atoms with E-state index in [2.05, 4.69) is 30.7 Å². The van der Waals surface area contributed by atoms with Crippen molar-refractivity contribution in [1.82, 2.24) is 40.1 Å². The standard InChI is InChI=1S/C23H27N9O2/c1-23(2,3)32-28-21(27-29-32)22(33)24-14-16-4-6-17(7-5-16)20-18-8-9-25-31(18)15-19(26-20)30-10-12-34-13-11-30/h4-9,15H,10-14H2,1-3H3,(H,24,33). The quantitative estimate of drug-likeness (QED) is 0.479. The molecule has 1 aromatic carbocycles. The van der Waals surface area contributed by atoms with Crippen LogP contribution in [0.25, 0.3) is 16.8 Å². The van der Waals surface area contributed by atoms with Crippen molar-refractivity contribution in [2.45, 2.75) is 32.9 Å². The summed E-state index contributed by atoms with van der Waals surface area (Å²) >= 11 is 0. The number of rotatable bonds is 5. The maximum Gasteiger partial charge on any atom is 0.293 e. The molecule has 11 nitrogen and oxygen atoms in total. The Morgan fingerprint density at radius 3 is 2.59 bits per heavy atom. The van der Waals surface area contributed by atoms with Gasteiger partial charge in [0.15, 0.2) is 0 Å². The summed E-state index contributed by atoms with van der Waals surface area (Å²) in [6.07, 6.45) is 3.73. The Morgan fingerprint density at radius 2 is 1.88 bits per heavy atom. The van der Waals surface area contributed by atoms with Gasteiger partial charge in [0.05, 0.1) is 42.4 Å². The molecule has 0 radical (unpaired) electrons. The molecule has 0 bridgehead atoms. The number of tetrazole rings is 1. The largest absolute Gasteiger partial charge is 0.378 e. The number of amides is 1. The second-order valence-corrected chi connectivity index (χ2v) is 9.16. The monoisotopic (exact) mass is 461 g/mol. The van der Waals surface area contributed by atoms with E-state index in [1.165, 1.54) is 4.80 Å². The number of aromatic nitrogens is 7. The third-order valence-electron chi connectivity index (χ3n) is 5.61. The SMILES string of the molecule is CC(C)(C)n1nnc(C(=O)NCc2ccc(-c3nc(N4CCOCC4)cn4nccc34)cc2)n1. The van der Waals surface area contributed by atoms with Gasteiger partial charge < -0.3 is 15.0 Å². The molecule has 1 aliphatic rings. The van der Waals surface area contributed by atoms with Crippen molar-refractivity contribution in [3.63, 3.8) is 0 Å². The number of hydrogen-bond donors (Lipinski definition) is 1. The van der Waals surface area contributed by atoms with Crippen LogP contribution in [0.2, 0.25) is 0 Å². The average molecular weight is 462 g/mol. The minimum absolute atomic E-state index is 0.0544. The number of morpholine rings is 1. The Kier molecular flexibility index (Phi) is 5.70. The van der Waals surface area contributed by atoms with Gasteiger partial charge >= 0.3 is 0 Å². The first kappa shape index (κ1) is 22.0. The van der Waals surface area contributed by atoms with Gasteiger partial charge in [-0.05, 0) is 37.6 Å². The molecule has 4 heterocycles. The van der Waals surface area contributed by atoms with Crippen LogP contribution >= 0.6 is 0 Å². The van der Waals surface area contributed by atoms with Gasteiger partial charge in [0.1, 0.15) is 5.82 Å². The molecular weight excluding hydrogens is 434 g/mol. The summed E-state index contributed by atoms with van der Waals surface area (Å²) in [5, 5.41) is 19.3. The summed E-state index contributed by atoms with van der Waals surface area (Å²) in [5.41, 5.74) is 3.39. The predicted molar refractivity (Wildman–Crippen MR) is 125 cm³/mol. The smallest absolute Gasteiger partial charge is 0.293 e. The maximum absolute atomic E-state index is 12.4. The lowest BCUT2D eigenvalue weighted by atomic mass is 10.1. The molecule has 3 aromatic heterocycles. The number of hydrogen-bond acceptors (Lipinski definition) is 8. The Labute approximate surface area is 196 Å². The predicted octanol–water partition coefficient (Wildman–Crippen LogP) is 1.90. The highest BCUT2D eigenvalue weighted by Gasteiger charge is 2.20. The van der Waals surface area contributed by atoms with E-state index in [-0.39, 0.29) is 17.3 Å². The van der Waals surface area contributed by atoms with Crippen molar-refractivity contribution in [3.05, 3.63) is 54.1 Å². The molecule has 0 atom stereocenters. The molecule has 1 saturated heterocycles. The highest BCUT2D eigenvalue weighted by atomic mass is 16.5. The van der Waals surface area contributed by atoms with Crippen LogP contribution in [0, 0.1) is 0 Å². The fourth-order valence-electron chi connectivity index (χ4n) is 3.70. The highest BCUT2D eigenvalue weighted by Crippen LogP contribution is 2.26. The number of ether oxygens (including phenoxy) is 1. The molecule has 1 N–H and O–H groups in total. The topological polar surface area (TPSA) is 115 Å². The van der Waals surface area contributed by atoms with Crippen molar-refractivity contribution in [2.24, 2.45) is 0 Å². The molecule has 4 aromatic rings. The minimum Gasteiger partial charge on any atom is -0.378 e. The summed E-state index contributed by atoms with van der Waals surface area (Å²) < 4.78 is 7.33. The summed E-state index contributed by atoms with van der Waals surface area (Å²) in [4.78, 5) is 21.0. The average Bonchev–Trinajstić information content (AvgIpc) is 3.53. The van der Waals surface area contributed by atoms with Crippen LogP contribution < -0.4 is 10.2 Å². The van der Waals surface area contributed by atoms with Crippen LogP contribution in [0.4, 0.5) is 5.82 Å². The number of anilines is 1. The zero-order valence-electron chi connectivity index (χ0n) is 19.5. The molecule has 34 heavy (non-hydrogen) atoms. The van der Waals surface area contributed by atoms with E-state index in [0.717, 1.165) is 41.2 Å². The van der Waals surface area contributed by atoms with E-state index in [1.807, 2.05) is 61.8 Å². The molecule has 0 saturated carbocycles. The number of nitrogens with zero attached hydrogens (tertiary/aromatic N) is 8. The summed E-state index contributed by atoms with van der Waals surface area (Å²) in [5.74, 6) is 0.570. The van der Waals surface area contributed by atoms with Gasteiger partial charge in [-0.15, -0.1) is 10.2 Å². The number of carbonyl (C=O) groups excluding carboxylic acids is 1. The Balaban J connectivity index is 1.32. The summed E-state index contributed by atoms with van der Waals surface area (Å²) in [7, 11) is 0.